The number of carboxylic acids is 1. The van der Waals surface area contributed by atoms with E-state index in [-0.39, 0.29) is 35.3 Å². The number of para-hydroxylation sites is 1. The van der Waals surface area contributed by atoms with E-state index >= 15 is 4.39 Å². The number of hydrogen-bond donors (Lipinski definition) is 2. The summed E-state index contributed by atoms with van der Waals surface area (Å²) in [4.78, 5) is 26.7. The summed E-state index contributed by atoms with van der Waals surface area (Å²) in [6.07, 6.45) is 1.96. The van der Waals surface area contributed by atoms with Crippen LogP contribution in [0.4, 0.5) is 10.1 Å². The van der Waals surface area contributed by atoms with E-state index in [0.717, 1.165) is 16.8 Å². The van der Waals surface area contributed by atoms with E-state index in [0.29, 0.717) is 47.6 Å². The minimum Gasteiger partial charge on any atom is -0.477 e. The molecule has 0 bridgehead atoms. The molecule has 1 atom stereocenters. The van der Waals surface area contributed by atoms with Gasteiger partial charge in [0.2, 0.25) is 5.43 Å². The van der Waals surface area contributed by atoms with Crippen LogP contribution in [0.5, 0.6) is 11.5 Å². The number of aromatic nitrogens is 1. The summed E-state index contributed by atoms with van der Waals surface area (Å²) in [7, 11) is 0. The number of nitrogens with two attached hydrogens (primary N) is 1. The maximum atomic E-state index is 15.5. The molecule has 0 amide bonds. The van der Waals surface area contributed by atoms with Crippen molar-refractivity contribution in [2.45, 2.75) is 12.5 Å². The molecule has 1 fully saturated rings. The molecule has 0 radical (unpaired) electrons. The second kappa shape index (κ2) is 7.71. The van der Waals surface area contributed by atoms with E-state index in [1.807, 2.05) is 29.2 Å². The number of halogens is 2. The lowest BCUT2D eigenvalue weighted by Gasteiger charge is -2.29. The van der Waals surface area contributed by atoms with Crippen LogP contribution >= 0.6 is 12.4 Å². The van der Waals surface area contributed by atoms with Crippen molar-refractivity contribution in [2.75, 3.05) is 18.0 Å². The quantitative estimate of drug-likeness (QED) is 0.346. The number of anilines is 1. The smallest absolute Gasteiger partial charge is 0.341 e. The van der Waals surface area contributed by atoms with Crippen LogP contribution in [-0.2, 0) is 0 Å². The molecule has 5 aromatic rings. The van der Waals surface area contributed by atoms with Crippen LogP contribution in [0.1, 0.15) is 16.8 Å². The lowest BCUT2D eigenvalue weighted by Crippen LogP contribution is -2.28. The van der Waals surface area contributed by atoms with Gasteiger partial charge >= 0.3 is 5.97 Å². The summed E-state index contributed by atoms with van der Waals surface area (Å²) in [5.41, 5.74) is 7.13. The highest BCUT2D eigenvalue weighted by molar-refractivity contribution is 6.07. The summed E-state index contributed by atoms with van der Waals surface area (Å²) in [5.74, 6) is -1.49. The lowest BCUT2D eigenvalue weighted by atomic mass is 10.0. The van der Waals surface area contributed by atoms with Crippen LogP contribution in [0.15, 0.2) is 57.9 Å². The van der Waals surface area contributed by atoms with Gasteiger partial charge < -0.3 is 29.5 Å². The predicted octanol–water partition coefficient (Wildman–Crippen LogP) is 4.79. The first-order valence-corrected chi connectivity index (χ1v) is 11.2. The van der Waals surface area contributed by atoms with Crippen LogP contribution < -0.4 is 20.8 Å². The number of aromatic carboxylic acids is 1. The third-order valence-corrected chi connectivity index (χ3v) is 6.87. The second-order valence-electron chi connectivity index (χ2n) is 8.99. The normalized spacial score (nSPS) is 16.3. The average molecular weight is 508 g/mol. The number of furan rings is 1. The number of benzene rings is 3. The van der Waals surface area contributed by atoms with Gasteiger partial charge in [0.1, 0.15) is 27.9 Å². The summed E-state index contributed by atoms with van der Waals surface area (Å²) in [5, 5.41) is 11.3. The van der Waals surface area contributed by atoms with Gasteiger partial charge in [0.25, 0.3) is 0 Å². The molecule has 0 aliphatic carbocycles. The highest BCUT2D eigenvalue weighted by atomic mass is 35.5. The van der Waals surface area contributed by atoms with Gasteiger partial charge in [-0.3, -0.25) is 4.79 Å². The zero-order chi connectivity index (χ0) is 24.0. The Morgan fingerprint density at radius 2 is 1.92 bits per heavy atom. The Balaban J connectivity index is 0.00000240. The number of nitrogens with zero attached hydrogens (tertiary/aromatic N) is 2. The first kappa shape index (κ1) is 22.4. The average Bonchev–Trinajstić information content (AvgIpc) is 3.42. The number of carbonyl (C=O) groups is 1. The molecule has 2 aliphatic rings. The highest BCUT2D eigenvalue weighted by Gasteiger charge is 2.33. The van der Waals surface area contributed by atoms with E-state index in [1.54, 1.807) is 16.7 Å². The molecule has 4 heterocycles. The molecule has 2 aromatic heterocycles. The standard InChI is InChI=1S/C26H18FN3O5.ClH/c27-17-7-15-22-25(23(17)29-6-5-12(28)10-29)35-21-8-14-13-3-1-2-4-19(13)34-20(14)9-18(21)30(22)11-16(24(15)31)26(32)33;/h1-4,7-9,11-12H,5-6,10,28H2,(H,32,33);1H. The third kappa shape index (κ3) is 2.96. The third-order valence-electron chi connectivity index (χ3n) is 6.87. The molecular formula is C26H19ClFN3O5. The fourth-order valence-electron chi connectivity index (χ4n) is 5.26. The Bertz CT molecular complexity index is 1810. The van der Waals surface area contributed by atoms with Crippen LogP contribution in [0.2, 0.25) is 0 Å². The van der Waals surface area contributed by atoms with Gasteiger partial charge in [-0.15, -0.1) is 12.4 Å². The number of hydrogen-bond acceptors (Lipinski definition) is 6. The number of fused-ring (bicyclic) bond motifs is 5. The van der Waals surface area contributed by atoms with Gasteiger partial charge in [0, 0.05) is 42.2 Å². The van der Waals surface area contributed by atoms with Crippen molar-refractivity contribution in [3.63, 3.8) is 0 Å². The van der Waals surface area contributed by atoms with Crippen molar-refractivity contribution < 1.29 is 23.4 Å². The Morgan fingerprint density at radius 3 is 2.67 bits per heavy atom. The van der Waals surface area contributed by atoms with Crippen molar-refractivity contribution in [1.29, 1.82) is 0 Å². The number of carboxylic acid groups (broad SMARTS) is 1. The monoisotopic (exact) mass is 507 g/mol. The Morgan fingerprint density at radius 1 is 1.11 bits per heavy atom. The summed E-state index contributed by atoms with van der Waals surface area (Å²) in [6.45, 7) is 0.976. The van der Waals surface area contributed by atoms with Crippen LogP contribution in [0.25, 0.3) is 38.5 Å². The Kier molecular flexibility index (Phi) is 4.79. The van der Waals surface area contributed by atoms with Gasteiger partial charge in [-0.05, 0) is 24.6 Å². The van der Waals surface area contributed by atoms with Gasteiger partial charge in [-0.2, -0.15) is 0 Å². The molecule has 1 saturated heterocycles. The van der Waals surface area contributed by atoms with Crippen molar-refractivity contribution in [1.82, 2.24) is 4.57 Å². The first-order valence-electron chi connectivity index (χ1n) is 11.2. The lowest BCUT2D eigenvalue weighted by molar-refractivity contribution is 0.0695. The molecule has 182 valence electrons. The van der Waals surface area contributed by atoms with Gasteiger partial charge in [0.05, 0.1) is 11.1 Å². The molecule has 7 rings (SSSR count). The fourth-order valence-corrected chi connectivity index (χ4v) is 5.26. The van der Waals surface area contributed by atoms with Crippen molar-refractivity contribution >= 4 is 56.9 Å². The molecule has 36 heavy (non-hydrogen) atoms. The van der Waals surface area contributed by atoms with Crippen LogP contribution in [-0.4, -0.2) is 34.8 Å². The van der Waals surface area contributed by atoms with E-state index in [9.17, 15) is 14.7 Å². The summed E-state index contributed by atoms with van der Waals surface area (Å²) >= 11 is 0. The van der Waals surface area contributed by atoms with E-state index in [1.165, 1.54) is 6.20 Å². The Hall–Kier alpha value is -4.08. The maximum absolute atomic E-state index is 15.5. The molecular weight excluding hydrogens is 489 g/mol. The minimum atomic E-state index is -1.39. The first-order chi connectivity index (χ1) is 16.9. The zero-order valence-corrected chi connectivity index (χ0v) is 19.5. The topological polar surface area (TPSA) is 111 Å². The summed E-state index contributed by atoms with van der Waals surface area (Å²) < 4.78 is 29.4. The Labute approximate surface area is 208 Å². The van der Waals surface area contributed by atoms with Crippen LogP contribution in [0.3, 0.4) is 0 Å². The molecule has 10 heteroatoms. The molecule has 1 unspecified atom stereocenters. The molecule has 3 N–H and O–H groups in total. The van der Waals surface area contributed by atoms with Crippen LogP contribution in [0, 0.1) is 5.82 Å². The van der Waals surface area contributed by atoms with Gasteiger partial charge in [0.15, 0.2) is 17.3 Å². The van der Waals surface area contributed by atoms with Gasteiger partial charge in [-0.1, -0.05) is 18.2 Å². The number of pyridine rings is 1. The predicted molar refractivity (Wildman–Crippen MR) is 136 cm³/mol. The molecule has 0 spiro atoms. The molecule has 8 nitrogen and oxygen atoms in total. The minimum absolute atomic E-state index is 0. The summed E-state index contributed by atoms with van der Waals surface area (Å²) in [6, 6.07) is 12.1. The zero-order valence-electron chi connectivity index (χ0n) is 18.7. The van der Waals surface area contributed by atoms with E-state index in [2.05, 4.69) is 0 Å². The largest absolute Gasteiger partial charge is 0.477 e. The second-order valence-corrected chi connectivity index (χ2v) is 8.99. The molecule has 3 aromatic carbocycles. The van der Waals surface area contributed by atoms with Crippen molar-refractivity contribution in [2.24, 2.45) is 5.73 Å². The maximum Gasteiger partial charge on any atom is 0.341 e. The number of ether oxygens (including phenoxy) is 1. The SMILES string of the molecule is Cl.NC1CCN(c2c(F)cc3c(=O)c(C(=O)O)cn4c3c2Oc2cc3c(cc2-4)oc2ccccc23)C1. The molecule has 2 aliphatic heterocycles. The fraction of sp³-hybridized carbons (Fsp3) is 0.154. The van der Waals surface area contributed by atoms with Crippen molar-refractivity contribution in [3.05, 3.63) is 70.3 Å². The molecule has 0 saturated carbocycles. The van der Waals surface area contributed by atoms with Crippen molar-refractivity contribution in [3.8, 4) is 17.2 Å². The van der Waals surface area contributed by atoms with Gasteiger partial charge in [-0.25, -0.2) is 9.18 Å². The highest BCUT2D eigenvalue weighted by Crippen LogP contribution is 2.48. The van der Waals surface area contributed by atoms with E-state index < -0.39 is 22.8 Å². The number of rotatable bonds is 2. The van der Waals surface area contributed by atoms with E-state index in [4.69, 9.17) is 14.9 Å².